The molecule has 0 atom stereocenters. The first-order valence-corrected chi connectivity index (χ1v) is 9.35. The maximum atomic E-state index is 12.4. The van der Waals surface area contributed by atoms with Crippen LogP contribution in [0.2, 0.25) is 10.0 Å². The zero-order valence-electron chi connectivity index (χ0n) is 14.0. The second-order valence-electron chi connectivity index (χ2n) is 5.34. The van der Waals surface area contributed by atoms with Crippen LogP contribution in [0, 0.1) is 0 Å². The molecular formula is C17H17Cl4N3O2. The molecule has 26 heavy (non-hydrogen) atoms. The summed E-state index contributed by atoms with van der Waals surface area (Å²) in [7, 11) is 0. The fourth-order valence-corrected chi connectivity index (χ4v) is 3.16. The third kappa shape index (κ3) is 5.81. The third-order valence-electron chi connectivity index (χ3n) is 3.39. The minimum atomic E-state index is -0.164. The molecular weight excluding hydrogens is 420 g/mol. The number of hydrogen-bond acceptors (Lipinski definition) is 3. The van der Waals surface area contributed by atoms with Crippen LogP contribution >= 0.6 is 46.4 Å². The third-order valence-corrected chi connectivity index (χ3v) is 4.17. The van der Waals surface area contributed by atoms with Crippen LogP contribution in [0.25, 0.3) is 6.08 Å². The molecule has 0 aliphatic rings. The van der Waals surface area contributed by atoms with Gasteiger partial charge in [-0.2, -0.15) is 0 Å². The number of rotatable bonds is 7. The average Bonchev–Trinajstić information content (AvgIpc) is 3.09. The molecule has 1 aromatic carbocycles. The van der Waals surface area contributed by atoms with E-state index in [4.69, 9.17) is 51.1 Å². The van der Waals surface area contributed by atoms with E-state index >= 15 is 0 Å². The van der Waals surface area contributed by atoms with Gasteiger partial charge in [0.15, 0.2) is 5.75 Å². The van der Waals surface area contributed by atoms with Crippen LogP contribution in [-0.4, -0.2) is 40.2 Å². The van der Waals surface area contributed by atoms with E-state index in [1.807, 2.05) is 6.92 Å². The molecule has 0 saturated carbocycles. The van der Waals surface area contributed by atoms with Crippen molar-refractivity contribution in [3.63, 3.8) is 0 Å². The minimum Gasteiger partial charge on any atom is -0.489 e. The van der Waals surface area contributed by atoms with Crippen LogP contribution in [0.4, 0.5) is 4.79 Å². The Kier molecular flexibility index (Phi) is 8.10. The van der Waals surface area contributed by atoms with Crippen molar-refractivity contribution in [3.05, 3.63) is 51.0 Å². The van der Waals surface area contributed by atoms with E-state index in [-0.39, 0.29) is 17.1 Å². The molecule has 0 fully saturated rings. The fraction of sp³-hybridized carbons (Fsp3) is 0.294. The maximum absolute atomic E-state index is 12.4. The highest BCUT2D eigenvalue weighted by Gasteiger charge is 2.15. The SMILES string of the molecule is CCCN(CCOc1c(Cl)cc(C=C(Cl)Cl)cc1Cl)C(=O)n1ccnc1. The van der Waals surface area contributed by atoms with E-state index in [9.17, 15) is 4.79 Å². The molecule has 5 nitrogen and oxygen atoms in total. The Hall–Kier alpha value is -1.40. The first kappa shape index (κ1) is 20.9. The van der Waals surface area contributed by atoms with E-state index in [1.165, 1.54) is 17.0 Å². The van der Waals surface area contributed by atoms with Gasteiger partial charge in [0.2, 0.25) is 0 Å². The topological polar surface area (TPSA) is 47.4 Å². The van der Waals surface area contributed by atoms with Crippen molar-refractivity contribution in [2.75, 3.05) is 19.7 Å². The van der Waals surface area contributed by atoms with E-state index < -0.39 is 0 Å². The number of nitrogens with zero attached hydrogens (tertiary/aromatic N) is 3. The van der Waals surface area contributed by atoms with E-state index in [2.05, 4.69) is 4.98 Å². The van der Waals surface area contributed by atoms with Gasteiger partial charge in [0.05, 0.1) is 16.6 Å². The number of ether oxygens (including phenoxy) is 1. The highest BCUT2D eigenvalue weighted by atomic mass is 35.5. The Morgan fingerprint density at radius 3 is 2.50 bits per heavy atom. The maximum Gasteiger partial charge on any atom is 0.329 e. The summed E-state index contributed by atoms with van der Waals surface area (Å²) in [5, 5.41) is 0.669. The Bertz CT molecular complexity index is 751. The molecule has 0 aliphatic carbocycles. The van der Waals surface area contributed by atoms with E-state index in [0.29, 0.717) is 34.4 Å². The number of benzene rings is 1. The Morgan fingerprint density at radius 1 is 1.27 bits per heavy atom. The van der Waals surface area contributed by atoms with Crippen LogP contribution in [-0.2, 0) is 0 Å². The molecule has 2 aromatic rings. The zero-order chi connectivity index (χ0) is 19.1. The number of imidazole rings is 1. The van der Waals surface area contributed by atoms with Gasteiger partial charge in [0.1, 0.15) is 17.4 Å². The molecule has 140 valence electrons. The number of hydrogen-bond donors (Lipinski definition) is 0. The molecule has 0 bridgehead atoms. The quantitative estimate of drug-likeness (QED) is 0.557. The lowest BCUT2D eigenvalue weighted by Gasteiger charge is -2.22. The molecule has 0 spiro atoms. The van der Waals surface area contributed by atoms with Crippen molar-refractivity contribution in [1.29, 1.82) is 0 Å². The molecule has 1 amide bonds. The Balaban J connectivity index is 2.03. The monoisotopic (exact) mass is 435 g/mol. The first-order chi connectivity index (χ1) is 12.4. The summed E-state index contributed by atoms with van der Waals surface area (Å²) < 4.78 is 7.22. The predicted molar refractivity (Wildman–Crippen MR) is 107 cm³/mol. The number of aromatic nitrogens is 2. The zero-order valence-corrected chi connectivity index (χ0v) is 17.0. The van der Waals surface area contributed by atoms with Gasteiger partial charge in [0.25, 0.3) is 0 Å². The van der Waals surface area contributed by atoms with Crippen molar-refractivity contribution in [2.45, 2.75) is 13.3 Å². The Morgan fingerprint density at radius 2 is 1.96 bits per heavy atom. The standard InChI is InChI=1S/C17H17Cl4N3O2/c1-2-4-23(17(25)24-5-3-22-11-24)6-7-26-16-13(18)8-12(9-14(16)19)10-15(20)21/h3,5,8-11H,2,4,6-7H2,1H3. The van der Waals surface area contributed by atoms with Gasteiger partial charge in [-0.1, -0.05) is 53.3 Å². The molecule has 0 unspecified atom stereocenters. The van der Waals surface area contributed by atoms with Crippen LogP contribution in [0.5, 0.6) is 5.75 Å². The lowest BCUT2D eigenvalue weighted by Crippen LogP contribution is -2.37. The van der Waals surface area contributed by atoms with Crippen LogP contribution in [0.3, 0.4) is 0 Å². The molecule has 2 rings (SSSR count). The predicted octanol–water partition coefficient (Wildman–Crippen LogP) is 5.73. The normalized spacial score (nSPS) is 10.5. The molecule has 9 heteroatoms. The number of carbonyl (C=O) groups is 1. The van der Waals surface area contributed by atoms with Gasteiger partial charge < -0.3 is 9.64 Å². The molecule has 0 radical (unpaired) electrons. The molecule has 1 aromatic heterocycles. The largest absolute Gasteiger partial charge is 0.489 e. The summed E-state index contributed by atoms with van der Waals surface area (Å²) in [5.74, 6) is 0.350. The van der Waals surface area contributed by atoms with Gasteiger partial charge in [-0.05, 0) is 30.2 Å². The summed E-state index contributed by atoms with van der Waals surface area (Å²) in [6, 6.07) is 3.13. The van der Waals surface area contributed by atoms with Gasteiger partial charge in [0, 0.05) is 18.9 Å². The van der Waals surface area contributed by atoms with Gasteiger partial charge >= 0.3 is 6.03 Å². The van der Waals surface area contributed by atoms with Crippen molar-refractivity contribution in [3.8, 4) is 5.75 Å². The molecule has 0 N–H and O–H groups in total. The van der Waals surface area contributed by atoms with Crippen molar-refractivity contribution >= 4 is 58.5 Å². The second kappa shape index (κ2) is 10.1. The van der Waals surface area contributed by atoms with Crippen LogP contribution < -0.4 is 4.74 Å². The number of halogens is 4. The highest BCUT2D eigenvalue weighted by Crippen LogP contribution is 2.35. The highest BCUT2D eigenvalue weighted by molar-refractivity contribution is 6.57. The minimum absolute atomic E-state index is 0.0963. The van der Waals surface area contributed by atoms with E-state index in [1.54, 1.807) is 29.4 Å². The van der Waals surface area contributed by atoms with Crippen LogP contribution in [0.1, 0.15) is 18.9 Å². The summed E-state index contributed by atoms with van der Waals surface area (Å²) in [4.78, 5) is 18.0. The lowest BCUT2D eigenvalue weighted by atomic mass is 10.2. The first-order valence-electron chi connectivity index (χ1n) is 7.84. The summed E-state index contributed by atoms with van der Waals surface area (Å²) >= 11 is 23.7. The molecule has 0 saturated heterocycles. The number of amides is 1. The van der Waals surface area contributed by atoms with Crippen molar-refractivity contribution in [1.82, 2.24) is 14.5 Å². The fourth-order valence-electron chi connectivity index (χ4n) is 2.29. The van der Waals surface area contributed by atoms with Crippen LogP contribution in [0.15, 0.2) is 35.3 Å². The lowest BCUT2D eigenvalue weighted by molar-refractivity contribution is 0.184. The van der Waals surface area contributed by atoms with E-state index in [0.717, 1.165) is 6.42 Å². The molecule has 0 aliphatic heterocycles. The Labute approximate surface area is 172 Å². The number of carbonyl (C=O) groups excluding carboxylic acids is 1. The summed E-state index contributed by atoms with van der Waals surface area (Å²) in [6.45, 7) is 3.22. The van der Waals surface area contributed by atoms with Crippen molar-refractivity contribution < 1.29 is 9.53 Å². The smallest absolute Gasteiger partial charge is 0.329 e. The average molecular weight is 437 g/mol. The second-order valence-corrected chi connectivity index (χ2v) is 7.16. The summed E-state index contributed by atoms with van der Waals surface area (Å²) in [6.07, 6.45) is 6.97. The van der Waals surface area contributed by atoms with Gasteiger partial charge in [-0.3, -0.25) is 4.57 Å². The van der Waals surface area contributed by atoms with Gasteiger partial charge in [-0.15, -0.1) is 0 Å². The van der Waals surface area contributed by atoms with Crippen molar-refractivity contribution in [2.24, 2.45) is 0 Å². The summed E-state index contributed by atoms with van der Waals surface area (Å²) in [5.41, 5.74) is 0.662. The van der Waals surface area contributed by atoms with Gasteiger partial charge in [-0.25, -0.2) is 9.78 Å². The molecule has 1 heterocycles.